The summed E-state index contributed by atoms with van der Waals surface area (Å²) in [5.74, 6) is 1.14. The highest BCUT2D eigenvalue weighted by Crippen LogP contribution is 2.22. The number of likely N-dealkylation sites (tertiary alicyclic amines) is 1. The summed E-state index contributed by atoms with van der Waals surface area (Å²) >= 11 is 9.13. The first-order valence-corrected chi connectivity index (χ1v) is 7.24. The number of hydrogen-bond acceptors (Lipinski definition) is 1. The average Bonchev–Trinajstić information content (AvgIpc) is 2.34. The summed E-state index contributed by atoms with van der Waals surface area (Å²) in [5, 5.41) is 0. The SMILES string of the molecule is Fc1ccc(CN2CCCC(CCl)C2)cc1Br. The minimum Gasteiger partial charge on any atom is -0.299 e. The van der Waals surface area contributed by atoms with Crippen LogP contribution in [0, 0.1) is 11.7 Å². The molecule has 94 valence electrons. The summed E-state index contributed by atoms with van der Waals surface area (Å²) < 4.78 is 13.7. The van der Waals surface area contributed by atoms with E-state index in [0.29, 0.717) is 10.4 Å². The number of halogens is 3. The fourth-order valence-electron chi connectivity index (χ4n) is 2.32. The van der Waals surface area contributed by atoms with Gasteiger partial charge in [0.05, 0.1) is 4.47 Å². The number of alkyl halides is 1. The van der Waals surface area contributed by atoms with E-state index in [1.54, 1.807) is 0 Å². The molecule has 1 aliphatic heterocycles. The molecule has 17 heavy (non-hydrogen) atoms. The van der Waals surface area contributed by atoms with E-state index in [-0.39, 0.29) is 5.82 Å². The molecule has 1 fully saturated rings. The van der Waals surface area contributed by atoms with E-state index in [1.807, 2.05) is 12.1 Å². The Morgan fingerprint density at radius 2 is 2.29 bits per heavy atom. The van der Waals surface area contributed by atoms with Crippen LogP contribution >= 0.6 is 27.5 Å². The van der Waals surface area contributed by atoms with E-state index in [0.717, 1.165) is 31.1 Å². The van der Waals surface area contributed by atoms with Crippen molar-refractivity contribution in [3.8, 4) is 0 Å². The van der Waals surface area contributed by atoms with Gasteiger partial charge in [0.1, 0.15) is 5.82 Å². The van der Waals surface area contributed by atoms with Crippen molar-refractivity contribution < 1.29 is 4.39 Å². The third-order valence-electron chi connectivity index (χ3n) is 3.21. The van der Waals surface area contributed by atoms with Crippen molar-refractivity contribution >= 4 is 27.5 Å². The Kier molecular flexibility index (Phi) is 4.83. The molecular formula is C13H16BrClFN. The standard InChI is InChI=1S/C13H16BrClFN/c14-12-6-10(3-4-13(12)16)8-17-5-1-2-11(7-15)9-17/h3-4,6,11H,1-2,5,7-9H2. The second kappa shape index (κ2) is 6.17. The van der Waals surface area contributed by atoms with Gasteiger partial charge in [0.2, 0.25) is 0 Å². The van der Waals surface area contributed by atoms with E-state index < -0.39 is 0 Å². The Morgan fingerprint density at radius 1 is 1.47 bits per heavy atom. The highest BCUT2D eigenvalue weighted by Gasteiger charge is 2.19. The molecule has 0 radical (unpaired) electrons. The average molecular weight is 321 g/mol. The summed E-state index contributed by atoms with van der Waals surface area (Å²) in [6, 6.07) is 5.23. The van der Waals surface area contributed by atoms with Crippen molar-refractivity contribution in [3.05, 3.63) is 34.1 Å². The lowest BCUT2D eigenvalue weighted by Gasteiger charge is -2.31. The van der Waals surface area contributed by atoms with E-state index in [4.69, 9.17) is 11.6 Å². The number of rotatable bonds is 3. The number of piperidine rings is 1. The lowest BCUT2D eigenvalue weighted by atomic mass is 9.99. The molecule has 0 saturated carbocycles. The Labute approximate surface area is 115 Å². The third-order valence-corrected chi connectivity index (χ3v) is 4.26. The van der Waals surface area contributed by atoms with Crippen molar-refractivity contribution in [2.24, 2.45) is 5.92 Å². The number of nitrogens with zero attached hydrogens (tertiary/aromatic N) is 1. The third kappa shape index (κ3) is 3.67. The zero-order valence-corrected chi connectivity index (χ0v) is 12.0. The van der Waals surface area contributed by atoms with Crippen molar-refractivity contribution in [3.63, 3.8) is 0 Å². The van der Waals surface area contributed by atoms with Crippen LogP contribution in [0.1, 0.15) is 18.4 Å². The highest BCUT2D eigenvalue weighted by atomic mass is 79.9. The molecule has 0 aromatic heterocycles. The Balaban J connectivity index is 1.97. The summed E-state index contributed by atoms with van der Waals surface area (Å²) in [6.45, 7) is 3.05. The first-order chi connectivity index (χ1) is 8.19. The van der Waals surface area contributed by atoms with Crippen molar-refractivity contribution in [2.75, 3.05) is 19.0 Å². The van der Waals surface area contributed by atoms with Gasteiger partial charge in [0.25, 0.3) is 0 Å². The monoisotopic (exact) mass is 319 g/mol. The molecule has 0 aliphatic carbocycles. The Bertz CT molecular complexity index is 386. The van der Waals surface area contributed by atoms with Crippen LogP contribution in [0.3, 0.4) is 0 Å². The molecule has 4 heteroatoms. The quantitative estimate of drug-likeness (QED) is 0.760. The molecule has 1 aliphatic rings. The van der Waals surface area contributed by atoms with Crippen molar-refractivity contribution in [1.82, 2.24) is 4.90 Å². The molecule has 2 rings (SSSR count). The van der Waals surface area contributed by atoms with Gasteiger partial charge < -0.3 is 0 Å². The van der Waals surface area contributed by atoms with Gasteiger partial charge in [-0.1, -0.05) is 6.07 Å². The van der Waals surface area contributed by atoms with Gasteiger partial charge >= 0.3 is 0 Å². The summed E-state index contributed by atoms with van der Waals surface area (Å²) in [5.41, 5.74) is 1.15. The summed E-state index contributed by atoms with van der Waals surface area (Å²) in [4.78, 5) is 2.40. The fourth-order valence-corrected chi connectivity index (χ4v) is 3.00. The lowest BCUT2D eigenvalue weighted by molar-refractivity contribution is 0.178. The number of benzene rings is 1. The van der Waals surface area contributed by atoms with Crippen LogP contribution < -0.4 is 0 Å². The van der Waals surface area contributed by atoms with Crippen LogP contribution in [-0.4, -0.2) is 23.9 Å². The van der Waals surface area contributed by atoms with Crippen LogP contribution in [0.15, 0.2) is 22.7 Å². The summed E-state index contributed by atoms with van der Waals surface area (Å²) in [6.07, 6.45) is 2.44. The Hall–Kier alpha value is -0.120. The zero-order valence-electron chi connectivity index (χ0n) is 9.63. The van der Waals surface area contributed by atoms with Crippen LogP contribution in [0.4, 0.5) is 4.39 Å². The molecule has 0 N–H and O–H groups in total. The topological polar surface area (TPSA) is 3.24 Å². The molecule has 1 atom stereocenters. The van der Waals surface area contributed by atoms with Gasteiger partial charge in [-0.05, 0) is 58.9 Å². The molecule has 1 aromatic rings. The molecule has 1 nitrogen and oxygen atoms in total. The molecule has 1 heterocycles. The first kappa shape index (κ1) is 13.3. The smallest absolute Gasteiger partial charge is 0.137 e. The van der Waals surface area contributed by atoms with E-state index >= 15 is 0 Å². The maximum Gasteiger partial charge on any atom is 0.137 e. The zero-order chi connectivity index (χ0) is 12.3. The van der Waals surface area contributed by atoms with Crippen molar-refractivity contribution in [2.45, 2.75) is 19.4 Å². The van der Waals surface area contributed by atoms with Crippen LogP contribution in [0.25, 0.3) is 0 Å². The van der Waals surface area contributed by atoms with E-state index in [9.17, 15) is 4.39 Å². The van der Waals surface area contributed by atoms with Gasteiger partial charge in [-0.2, -0.15) is 0 Å². The second-order valence-electron chi connectivity index (χ2n) is 4.65. The number of hydrogen-bond donors (Lipinski definition) is 0. The minimum absolute atomic E-state index is 0.203. The normalized spacial score (nSPS) is 21.7. The predicted octanol–water partition coefficient (Wildman–Crippen LogP) is 4.04. The van der Waals surface area contributed by atoms with Crippen molar-refractivity contribution in [1.29, 1.82) is 0 Å². The molecular weight excluding hydrogens is 305 g/mol. The van der Waals surface area contributed by atoms with Gasteiger partial charge in [-0.25, -0.2) is 4.39 Å². The van der Waals surface area contributed by atoms with Crippen LogP contribution in [0.2, 0.25) is 0 Å². The van der Waals surface area contributed by atoms with Gasteiger partial charge in [-0.3, -0.25) is 4.90 Å². The molecule has 0 amide bonds. The summed E-state index contributed by atoms with van der Waals surface area (Å²) in [7, 11) is 0. The Morgan fingerprint density at radius 3 is 3.00 bits per heavy atom. The second-order valence-corrected chi connectivity index (χ2v) is 5.81. The maximum absolute atomic E-state index is 13.1. The van der Waals surface area contributed by atoms with Gasteiger partial charge in [0, 0.05) is 19.0 Å². The molecule has 1 unspecified atom stereocenters. The van der Waals surface area contributed by atoms with E-state index in [2.05, 4.69) is 20.8 Å². The molecule has 1 aromatic carbocycles. The predicted molar refractivity (Wildman–Crippen MR) is 72.8 cm³/mol. The molecule has 1 saturated heterocycles. The lowest BCUT2D eigenvalue weighted by Crippen LogP contribution is -2.35. The largest absolute Gasteiger partial charge is 0.299 e. The highest BCUT2D eigenvalue weighted by molar-refractivity contribution is 9.10. The van der Waals surface area contributed by atoms with Crippen LogP contribution in [-0.2, 0) is 6.54 Å². The fraction of sp³-hybridized carbons (Fsp3) is 0.538. The maximum atomic E-state index is 13.1. The molecule has 0 bridgehead atoms. The van der Waals surface area contributed by atoms with Gasteiger partial charge in [0.15, 0.2) is 0 Å². The minimum atomic E-state index is -0.203. The first-order valence-electron chi connectivity index (χ1n) is 5.91. The van der Waals surface area contributed by atoms with E-state index in [1.165, 1.54) is 18.9 Å². The van der Waals surface area contributed by atoms with Gasteiger partial charge in [-0.15, -0.1) is 11.6 Å². The van der Waals surface area contributed by atoms with Crippen LogP contribution in [0.5, 0.6) is 0 Å². The molecule has 0 spiro atoms.